The molecule has 1 aromatic rings. The minimum atomic E-state index is -0.414. The number of aryl methyl sites for hydroxylation is 1. The first-order chi connectivity index (χ1) is 12.1. The third-order valence-corrected chi connectivity index (χ3v) is 5.27. The van der Waals surface area contributed by atoms with E-state index in [-0.39, 0.29) is 12.5 Å². The second-order valence-electron chi connectivity index (χ2n) is 7.72. The molecule has 4 rings (SSSR count). The standard InChI is InChI=1S/C19H27N3O3/c1-15-3-2-4-17(20-15)10-21-7-8-24-14-19(12-21)13-22(9-16-5-6-16)18(23)11-25-19/h2-4,16H,5-14H2,1H3. The fourth-order valence-electron chi connectivity index (χ4n) is 3.78. The Morgan fingerprint density at radius 2 is 2.20 bits per heavy atom. The first kappa shape index (κ1) is 16.9. The fraction of sp³-hybridized carbons (Fsp3) is 0.684. The molecule has 3 heterocycles. The summed E-state index contributed by atoms with van der Waals surface area (Å²) in [4.78, 5) is 21.2. The summed E-state index contributed by atoms with van der Waals surface area (Å²) in [5.74, 6) is 0.812. The van der Waals surface area contributed by atoms with Crippen molar-refractivity contribution in [3.05, 3.63) is 29.6 Å². The highest BCUT2D eigenvalue weighted by molar-refractivity contribution is 5.78. The summed E-state index contributed by atoms with van der Waals surface area (Å²) in [6.45, 7) is 7.37. The van der Waals surface area contributed by atoms with Gasteiger partial charge in [-0.1, -0.05) is 6.07 Å². The van der Waals surface area contributed by atoms with E-state index in [0.29, 0.717) is 25.7 Å². The van der Waals surface area contributed by atoms with Crippen molar-refractivity contribution in [2.45, 2.75) is 31.9 Å². The molecule has 6 nitrogen and oxygen atoms in total. The molecule has 1 atom stereocenters. The number of nitrogens with zero attached hydrogens (tertiary/aromatic N) is 3. The summed E-state index contributed by atoms with van der Waals surface area (Å²) in [5, 5.41) is 0. The molecule has 1 aliphatic carbocycles. The van der Waals surface area contributed by atoms with Gasteiger partial charge in [0.05, 0.1) is 25.5 Å². The maximum Gasteiger partial charge on any atom is 0.248 e. The van der Waals surface area contributed by atoms with E-state index in [1.807, 2.05) is 17.9 Å². The van der Waals surface area contributed by atoms with Crippen LogP contribution in [0.4, 0.5) is 0 Å². The van der Waals surface area contributed by atoms with Crippen LogP contribution in [0.3, 0.4) is 0 Å². The van der Waals surface area contributed by atoms with Gasteiger partial charge in [-0.15, -0.1) is 0 Å². The van der Waals surface area contributed by atoms with Crippen molar-refractivity contribution < 1.29 is 14.3 Å². The van der Waals surface area contributed by atoms with Crippen molar-refractivity contribution in [3.8, 4) is 0 Å². The zero-order chi connectivity index (χ0) is 17.3. The quantitative estimate of drug-likeness (QED) is 0.822. The van der Waals surface area contributed by atoms with Gasteiger partial charge in [0.25, 0.3) is 0 Å². The Labute approximate surface area is 149 Å². The van der Waals surface area contributed by atoms with Crippen LogP contribution in [0.5, 0.6) is 0 Å². The lowest BCUT2D eigenvalue weighted by atomic mass is 10.0. The summed E-state index contributed by atoms with van der Waals surface area (Å²) >= 11 is 0. The number of ether oxygens (including phenoxy) is 2. The van der Waals surface area contributed by atoms with E-state index in [1.54, 1.807) is 0 Å². The molecule has 6 heteroatoms. The number of amides is 1. The van der Waals surface area contributed by atoms with Gasteiger partial charge in [0.2, 0.25) is 5.91 Å². The fourth-order valence-corrected chi connectivity index (χ4v) is 3.78. The zero-order valence-electron chi connectivity index (χ0n) is 14.9. The van der Waals surface area contributed by atoms with Crippen LogP contribution in [0.15, 0.2) is 18.2 Å². The lowest BCUT2D eigenvalue weighted by molar-refractivity contribution is -0.173. The number of morpholine rings is 1. The van der Waals surface area contributed by atoms with Crippen molar-refractivity contribution >= 4 is 5.91 Å². The van der Waals surface area contributed by atoms with Crippen LogP contribution in [0.1, 0.15) is 24.2 Å². The first-order valence-corrected chi connectivity index (χ1v) is 9.26. The largest absolute Gasteiger partial charge is 0.377 e. The van der Waals surface area contributed by atoms with Gasteiger partial charge in [0, 0.05) is 31.9 Å². The number of hydrogen-bond donors (Lipinski definition) is 0. The number of hydrogen-bond acceptors (Lipinski definition) is 5. The molecule has 1 unspecified atom stereocenters. The van der Waals surface area contributed by atoms with Crippen molar-refractivity contribution in [2.75, 3.05) is 46.0 Å². The van der Waals surface area contributed by atoms with Crippen LogP contribution >= 0.6 is 0 Å². The van der Waals surface area contributed by atoms with Crippen LogP contribution < -0.4 is 0 Å². The SMILES string of the molecule is Cc1cccc(CN2CCOCC3(C2)CN(CC2CC2)C(=O)CO3)n1. The molecule has 0 N–H and O–H groups in total. The van der Waals surface area contributed by atoms with Crippen molar-refractivity contribution in [1.82, 2.24) is 14.8 Å². The van der Waals surface area contributed by atoms with Crippen LogP contribution in [-0.4, -0.2) is 72.3 Å². The molecule has 3 fully saturated rings. The molecule has 2 saturated heterocycles. The highest BCUT2D eigenvalue weighted by atomic mass is 16.6. The van der Waals surface area contributed by atoms with Crippen LogP contribution in [0.25, 0.3) is 0 Å². The van der Waals surface area contributed by atoms with Crippen molar-refractivity contribution in [2.24, 2.45) is 5.92 Å². The van der Waals surface area contributed by atoms with Gasteiger partial charge < -0.3 is 14.4 Å². The van der Waals surface area contributed by atoms with Gasteiger partial charge in [0.15, 0.2) is 0 Å². The van der Waals surface area contributed by atoms with Gasteiger partial charge in [-0.05, 0) is 37.8 Å². The summed E-state index contributed by atoms with van der Waals surface area (Å²) in [6.07, 6.45) is 2.50. The molecule has 1 amide bonds. The number of rotatable bonds is 4. The minimum absolute atomic E-state index is 0.119. The topological polar surface area (TPSA) is 54.9 Å². The van der Waals surface area contributed by atoms with Crippen molar-refractivity contribution in [3.63, 3.8) is 0 Å². The van der Waals surface area contributed by atoms with Gasteiger partial charge >= 0.3 is 0 Å². The molecular formula is C19H27N3O3. The molecule has 136 valence electrons. The third kappa shape index (κ3) is 4.19. The van der Waals surface area contributed by atoms with E-state index in [4.69, 9.17) is 9.47 Å². The minimum Gasteiger partial charge on any atom is -0.377 e. The Morgan fingerprint density at radius 3 is 3.00 bits per heavy atom. The second kappa shape index (κ2) is 7.02. The van der Waals surface area contributed by atoms with E-state index in [2.05, 4.69) is 22.0 Å². The predicted octanol–water partition coefficient (Wildman–Crippen LogP) is 1.23. The number of carbonyl (C=O) groups excluding carboxylic acids is 1. The van der Waals surface area contributed by atoms with Gasteiger partial charge in [-0.2, -0.15) is 0 Å². The first-order valence-electron chi connectivity index (χ1n) is 9.26. The average molecular weight is 345 g/mol. The highest BCUT2D eigenvalue weighted by Crippen LogP contribution is 2.32. The molecule has 0 aromatic carbocycles. The second-order valence-corrected chi connectivity index (χ2v) is 7.72. The van der Waals surface area contributed by atoms with E-state index in [1.165, 1.54) is 12.8 Å². The zero-order valence-corrected chi connectivity index (χ0v) is 14.9. The molecule has 0 bridgehead atoms. The molecule has 25 heavy (non-hydrogen) atoms. The predicted molar refractivity (Wildman–Crippen MR) is 93.1 cm³/mol. The summed E-state index contributed by atoms with van der Waals surface area (Å²) in [5.41, 5.74) is 1.69. The molecule has 1 saturated carbocycles. The number of aromatic nitrogens is 1. The van der Waals surface area contributed by atoms with Gasteiger partial charge in [0.1, 0.15) is 12.2 Å². The van der Waals surface area contributed by atoms with E-state index in [0.717, 1.165) is 37.6 Å². The van der Waals surface area contributed by atoms with Gasteiger partial charge in [-0.3, -0.25) is 14.7 Å². The molecular weight excluding hydrogens is 318 g/mol. The van der Waals surface area contributed by atoms with E-state index in [9.17, 15) is 4.79 Å². The summed E-state index contributed by atoms with van der Waals surface area (Å²) < 4.78 is 11.9. The van der Waals surface area contributed by atoms with Crippen LogP contribution in [0.2, 0.25) is 0 Å². The summed E-state index contributed by atoms with van der Waals surface area (Å²) in [6, 6.07) is 6.13. The normalized spacial score (nSPS) is 28.4. The number of pyridine rings is 1. The lowest BCUT2D eigenvalue weighted by Crippen LogP contribution is -2.60. The number of carbonyl (C=O) groups is 1. The van der Waals surface area contributed by atoms with Crippen molar-refractivity contribution in [1.29, 1.82) is 0 Å². The van der Waals surface area contributed by atoms with Gasteiger partial charge in [-0.25, -0.2) is 0 Å². The van der Waals surface area contributed by atoms with E-state index >= 15 is 0 Å². The molecule has 0 radical (unpaired) electrons. The molecule has 1 aromatic heterocycles. The smallest absolute Gasteiger partial charge is 0.248 e. The third-order valence-electron chi connectivity index (χ3n) is 5.27. The van der Waals surface area contributed by atoms with Crippen LogP contribution in [0, 0.1) is 12.8 Å². The maximum atomic E-state index is 12.2. The average Bonchev–Trinajstić information content (AvgIpc) is 3.40. The molecule has 1 spiro atoms. The Hall–Kier alpha value is -1.50. The molecule has 3 aliphatic rings. The Balaban J connectivity index is 1.45. The summed E-state index contributed by atoms with van der Waals surface area (Å²) in [7, 11) is 0. The Morgan fingerprint density at radius 1 is 1.32 bits per heavy atom. The van der Waals surface area contributed by atoms with Crippen LogP contribution in [-0.2, 0) is 20.8 Å². The maximum absolute atomic E-state index is 12.2. The Bertz CT molecular complexity index is 634. The highest BCUT2D eigenvalue weighted by Gasteiger charge is 2.43. The molecule has 2 aliphatic heterocycles. The lowest BCUT2D eigenvalue weighted by Gasteiger charge is -2.43. The van der Waals surface area contributed by atoms with E-state index < -0.39 is 5.60 Å². The Kier molecular flexibility index (Phi) is 4.75. The monoisotopic (exact) mass is 345 g/mol.